The molecular formula is C13H17N3O. The summed E-state index contributed by atoms with van der Waals surface area (Å²) in [4.78, 5) is 12.9. The minimum Gasteiger partial charge on any atom is -0.368 e. The highest BCUT2D eigenvalue weighted by Crippen LogP contribution is 2.16. The van der Waals surface area contributed by atoms with Crippen LogP contribution in [-0.4, -0.2) is 19.0 Å². The van der Waals surface area contributed by atoms with Crippen molar-refractivity contribution >= 4 is 11.6 Å². The average molecular weight is 231 g/mol. The molecular weight excluding hydrogens is 214 g/mol. The zero-order chi connectivity index (χ0) is 12.7. The molecule has 0 aliphatic rings. The Labute approximate surface area is 102 Å². The summed E-state index contributed by atoms with van der Waals surface area (Å²) in [5.41, 5.74) is 6.69. The number of benzene rings is 1. The van der Waals surface area contributed by atoms with Crippen molar-refractivity contribution in [2.45, 2.75) is 19.8 Å². The lowest BCUT2D eigenvalue weighted by Gasteiger charge is -2.23. The molecule has 0 aliphatic carbocycles. The summed E-state index contributed by atoms with van der Waals surface area (Å²) in [6.07, 6.45) is 2.04. The number of primary amides is 1. The van der Waals surface area contributed by atoms with Crippen LogP contribution in [0.1, 0.15) is 25.3 Å². The lowest BCUT2D eigenvalue weighted by atomic mass is 10.2. The smallest absolute Gasteiger partial charge is 0.236 e. The van der Waals surface area contributed by atoms with Gasteiger partial charge in [0.05, 0.1) is 18.2 Å². The van der Waals surface area contributed by atoms with E-state index in [-0.39, 0.29) is 12.5 Å². The summed E-state index contributed by atoms with van der Waals surface area (Å²) in [7, 11) is 0. The molecule has 0 heterocycles. The predicted octanol–water partition coefficient (Wildman–Crippen LogP) is 1.65. The SMILES string of the molecule is CCCCN(CC(N)=O)c1cccc(C#N)c1. The Morgan fingerprint density at radius 1 is 1.53 bits per heavy atom. The summed E-state index contributed by atoms with van der Waals surface area (Å²) in [5, 5.41) is 8.84. The minimum absolute atomic E-state index is 0.189. The lowest BCUT2D eigenvalue weighted by Crippen LogP contribution is -2.34. The Hall–Kier alpha value is -2.02. The Bertz CT molecular complexity index is 423. The van der Waals surface area contributed by atoms with E-state index in [2.05, 4.69) is 13.0 Å². The topological polar surface area (TPSA) is 70.1 Å². The minimum atomic E-state index is -0.358. The highest BCUT2D eigenvalue weighted by Gasteiger charge is 2.09. The number of nitriles is 1. The molecule has 4 heteroatoms. The first kappa shape index (κ1) is 13.0. The molecule has 0 aromatic heterocycles. The molecule has 0 unspecified atom stereocenters. The van der Waals surface area contributed by atoms with E-state index in [9.17, 15) is 4.79 Å². The van der Waals surface area contributed by atoms with Crippen LogP contribution in [0.4, 0.5) is 5.69 Å². The van der Waals surface area contributed by atoms with Gasteiger partial charge in [-0.1, -0.05) is 19.4 Å². The number of nitrogens with zero attached hydrogens (tertiary/aromatic N) is 2. The third-order valence-electron chi connectivity index (χ3n) is 2.47. The van der Waals surface area contributed by atoms with Gasteiger partial charge < -0.3 is 10.6 Å². The van der Waals surface area contributed by atoms with Crippen LogP contribution in [0.15, 0.2) is 24.3 Å². The zero-order valence-electron chi connectivity index (χ0n) is 10.0. The Morgan fingerprint density at radius 3 is 2.88 bits per heavy atom. The van der Waals surface area contributed by atoms with Crippen molar-refractivity contribution in [3.05, 3.63) is 29.8 Å². The van der Waals surface area contributed by atoms with Crippen molar-refractivity contribution in [2.75, 3.05) is 18.0 Å². The van der Waals surface area contributed by atoms with E-state index in [1.54, 1.807) is 12.1 Å². The van der Waals surface area contributed by atoms with Crippen LogP contribution in [0, 0.1) is 11.3 Å². The monoisotopic (exact) mass is 231 g/mol. The van der Waals surface area contributed by atoms with Crippen LogP contribution in [0.2, 0.25) is 0 Å². The molecule has 0 aliphatic heterocycles. The van der Waals surface area contributed by atoms with Gasteiger partial charge >= 0.3 is 0 Å². The molecule has 0 radical (unpaired) electrons. The van der Waals surface area contributed by atoms with Crippen molar-refractivity contribution in [1.82, 2.24) is 0 Å². The van der Waals surface area contributed by atoms with Gasteiger partial charge in [0.25, 0.3) is 0 Å². The van der Waals surface area contributed by atoms with Gasteiger partial charge in [-0.25, -0.2) is 0 Å². The number of amides is 1. The molecule has 17 heavy (non-hydrogen) atoms. The first-order chi connectivity index (χ1) is 8.17. The van der Waals surface area contributed by atoms with Crippen molar-refractivity contribution in [2.24, 2.45) is 5.73 Å². The number of hydrogen-bond acceptors (Lipinski definition) is 3. The second kappa shape index (κ2) is 6.54. The quantitative estimate of drug-likeness (QED) is 0.809. The second-order valence-corrected chi connectivity index (χ2v) is 3.90. The van der Waals surface area contributed by atoms with Crippen molar-refractivity contribution < 1.29 is 4.79 Å². The van der Waals surface area contributed by atoms with Gasteiger partial charge in [-0.3, -0.25) is 4.79 Å². The van der Waals surface area contributed by atoms with E-state index in [4.69, 9.17) is 11.0 Å². The fourth-order valence-corrected chi connectivity index (χ4v) is 1.61. The van der Waals surface area contributed by atoms with Crippen LogP contribution in [-0.2, 0) is 4.79 Å². The predicted molar refractivity (Wildman–Crippen MR) is 67.5 cm³/mol. The summed E-state index contributed by atoms with van der Waals surface area (Å²) < 4.78 is 0. The average Bonchev–Trinajstić information content (AvgIpc) is 2.34. The maximum Gasteiger partial charge on any atom is 0.236 e. The molecule has 0 atom stereocenters. The van der Waals surface area contributed by atoms with E-state index >= 15 is 0 Å². The van der Waals surface area contributed by atoms with Gasteiger partial charge in [-0.05, 0) is 24.6 Å². The fourth-order valence-electron chi connectivity index (χ4n) is 1.61. The van der Waals surface area contributed by atoms with Gasteiger partial charge in [-0.2, -0.15) is 5.26 Å². The van der Waals surface area contributed by atoms with Crippen LogP contribution < -0.4 is 10.6 Å². The van der Waals surface area contributed by atoms with Crippen molar-refractivity contribution in [3.8, 4) is 6.07 Å². The van der Waals surface area contributed by atoms with Gasteiger partial charge in [0.15, 0.2) is 0 Å². The highest BCUT2D eigenvalue weighted by molar-refractivity contribution is 5.79. The molecule has 1 aromatic rings. The number of unbranched alkanes of at least 4 members (excludes halogenated alkanes) is 1. The molecule has 0 saturated heterocycles. The molecule has 0 bridgehead atoms. The molecule has 0 spiro atoms. The Balaban J connectivity index is 2.87. The van der Waals surface area contributed by atoms with E-state index in [1.807, 2.05) is 17.0 Å². The third-order valence-corrected chi connectivity index (χ3v) is 2.47. The molecule has 1 aromatic carbocycles. The molecule has 1 rings (SSSR count). The van der Waals surface area contributed by atoms with Crippen LogP contribution in [0.25, 0.3) is 0 Å². The fraction of sp³-hybridized carbons (Fsp3) is 0.385. The summed E-state index contributed by atoms with van der Waals surface area (Å²) in [6.45, 7) is 3.05. The summed E-state index contributed by atoms with van der Waals surface area (Å²) in [5.74, 6) is -0.358. The van der Waals surface area contributed by atoms with E-state index in [0.717, 1.165) is 25.1 Å². The molecule has 2 N–H and O–H groups in total. The summed E-state index contributed by atoms with van der Waals surface area (Å²) >= 11 is 0. The number of carbonyl (C=O) groups is 1. The van der Waals surface area contributed by atoms with Gasteiger partial charge in [0, 0.05) is 12.2 Å². The van der Waals surface area contributed by atoms with E-state index < -0.39 is 0 Å². The number of rotatable bonds is 6. The maximum atomic E-state index is 11.0. The molecule has 4 nitrogen and oxygen atoms in total. The van der Waals surface area contributed by atoms with Crippen molar-refractivity contribution in [1.29, 1.82) is 5.26 Å². The zero-order valence-corrected chi connectivity index (χ0v) is 10.0. The van der Waals surface area contributed by atoms with Gasteiger partial charge in [-0.15, -0.1) is 0 Å². The highest BCUT2D eigenvalue weighted by atomic mass is 16.1. The lowest BCUT2D eigenvalue weighted by molar-refractivity contribution is -0.116. The van der Waals surface area contributed by atoms with Crippen molar-refractivity contribution in [3.63, 3.8) is 0 Å². The normalized spacial score (nSPS) is 9.65. The van der Waals surface area contributed by atoms with Crippen LogP contribution in [0.3, 0.4) is 0 Å². The van der Waals surface area contributed by atoms with E-state index in [0.29, 0.717) is 5.56 Å². The first-order valence-electron chi connectivity index (χ1n) is 5.70. The number of anilines is 1. The van der Waals surface area contributed by atoms with Gasteiger partial charge in [0.2, 0.25) is 5.91 Å². The Kier molecular flexibility index (Phi) is 5.02. The Morgan fingerprint density at radius 2 is 2.29 bits per heavy atom. The maximum absolute atomic E-state index is 11.0. The molecule has 0 fully saturated rings. The third kappa shape index (κ3) is 4.15. The first-order valence-corrected chi connectivity index (χ1v) is 5.70. The van der Waals surface area contributed by atoms with Crippen LogP contribution in [0.5, 0.6) is 0 Å². The number of carbonyl (C=O) groups excluding carboxylic acids is 1. The second-order valence-electron chi connectivity index (χ2n) is 3.90. The van der Waals surface area contributed by atoms with Crippen LogP contribution >= 0.6 is 0 Å². The summed E-state index contributed by atoms with van der Waals surface area (Å²) in [6, 6.07) is 9.31. The number of nitrogens with two attached hydrogens (primary N) is 1. The van der Waals surface area contributed by atoms with Gasteiger partial charge in [0.1, 0.15) is 0 Å². The standard InChI is InChI=1S/C13H17N3O/c1-2-3-7-16(10-13(15)17)12-6-4-5-11(8-12)9-14/h4-6,8H,2-3,7,10H2,1H3,(H2,15,17). The molecule has 0 saturated carbocycles. The molecule has 1 amide bonds. The number of hydrogen-bond donors (Lipinski definition) is 1. The largest absolute Gasteiger partial charge is 0.368 e. The molecule has 90 valence electrons. The van der Waals surface area contributed by atoms with E-state index in [1.165, 1.54) is 0 Å².